The molecule has 1 aliphatic rings. The van der Waals surface area contributed by atoms with Crippen LogP contribution >= 0.6 is 15.9 Å². The second-order valence-electron chi connectivity index (χ2n) is 4.33. The smallest absolute Gasteiger partial charge is 0.0180 e. The van der Waals surface area contributed by atoms with Crippen molar-refractivity contribution in [2.75, 3.05) is 13.6 Å². The lowest BCUT2D eigenvalue weighted by Crippen LogP contribution is -2.23. The van der Waals surface area contributed by atoms with Crippen molar-refractivity contribution in [3.8, 4) is 0 Å². The van der Waals surface area contributed by atoms with Crippen molar-refractivity contribution in [2.45, 2.75) is 25.2 Å². The van der Waals surface area contributed by atoms with Crippen LogP contribution in [0.15, 0.2) is 22.7 Å². The number of nitrogens with one attached hydrogen (secondary N) is 1. The van der Waals surface area contributed by atoms with Gasteiger partial charge in [0.25, 0.3) is 0 Å². The van der Waals surface area contributed by atoms with Crippen LogP contribution in [0.3, 0.4) is 0 Å². The summed E-state index contributed by atoms with van der Waals surface area (Å²) in [6.07, 6.45) is 2.65. The van der Waals surface area contributed by atoms with Gasteiger partial charge in [-0.25, -0.2) is 0 Å². The largest absolute Gasteiger partial charge is 0.319 e. The van der Waals surface area contributed by atoms with E-state index < -0.39 is 0 Å². The molecule has 0 aromatic heterocycles. The van der Waals surface area contributed by atoms with Crippen molar-refractivity contribution in [1.29, 1.82) is 0 Å². The Morgan fingerprint density at radius 1 is 1.36 bits per heavy atom. The standard InChI is InChI=1S/C12H16BrN/c1-9-5-10(7-11(13)6-9)12(3-4-12)8-14-2/h5-7,14H,3-4,8H2,1-2H3. The number of hydrogen-bond acceptors (Lipinski definition) is 1. The molecule has 1 fully saturated rings. The first kappa shape index (κ1) is 10.2. The molecule has 0 bridgehead atoms. The molecule has 1 aromatic rings. The first-order valence-electron chi connectivity index (χ1n) is 5.09. The summed E-state index contributed by atoms with van der Waals surface area (Å²) in [5, 5.41) is 3.29. The molecular weight excluding hydrogens is 238 g/mol. The van der Waals surface area contributed by atoms with E-state index in [2.05, 4.69) is 46.4 Å². The molecule has 2 heteroatoms. The highest BCUT2D eigenvalue weighted by atomic mass is 79.9. The molecule has 0 saturated heterocycles. The van der Waals surface area contributed by atoms with Crippen LogP contribution in [-0.2, 0) is 5.41 Å². The van der Waals surface area contributed by atoms with Crippen LogP contribution in [-0.4, -0.2) is 13.6 Å². The van der Waals surface area contributed by atoms with E-state index in [1.54, 1.807) is 0 Å². The molecule has 0 spiro atoms. The molecular formula is C12H16BrN. The van der Waals surface area contributed by atoms with Gasteiger partial charge in [0.15, 0.2) is 0 Å². The normalized spacial score (nSPS) is 18.2. The third-order valence-electron chi connectivity index (χ3n) is 3.02. The Morgan fingerprint density at radius 2 is 2.07 bits per heavy atom. The van der Waals surface area contributed by atoms with Gasteiger partial charge in [-0.05, 0) is 50.1 Å². The van der Waals surface area contributed by atoms with Crippen LogP contribution in [0.1, 0.15) is 24.0 Å². The number of benzene rings is 1. The van der Waals surface area contributed by atoms with Crippen molar-refractivity contribution in [3.63, 3.8) is 0 Å². The summed E-state index contributed by atoms with van der Waals surface area (Å²) >= 11 is 3.56. The Balaban J connectivity index is 2.32. The number of likely N-dealkylation sites (N-methyl/N-ethyl adjacent to an activating group) is 1. The molecule has 0 aliphatic heterocycles. The fourth-order valence-corrected chi connectivity index (χ4v) is 2.71. The predicted molar refractivity (Wildman–Crippen MR) is 63.7 cm³/mol. The van der Waals surface area contributed by atoms with E-state index in [0.717, 1.165) is 6.54 Å². The van der Waals surface area contributed by atoms with Crippen LogP contribution < -0.4 is 5.32 Å². The van der Waals surface area contributed by atoms with E-state index in [-0.39, 0.29) is 0 Å². The molecule has 2 rings (SSSR count). The second kappa shape index (κ2) is 3.67. The maximum Gasteiger partial charge on any atom is 0.0180 e. The SMILES string of the molecule is CNCC1(c2cc(C)cc(Br)c2)CC1. The molecule has 0 heterocycles. The van der Waals surface area contributed by atoms with Crippen molar-refractivity contribution in [1.82, 2.24) is 5.32 Å². The lowest BCUT2D eigenvalue weighted by atomic mass is 9.94. The van der Waals surface area contributed by atoms with Gasteiger partial charge in [-0.1, -0.05) is 22.0 Å². The van der Waals surface area contributed by atoms with Gasteiger partial charge in [0, 0.05) is 16.4 Å². The summed E-state index contributed by atoms with van der Waals surface area (Å²) in [7, 11) is 2.03. The van der Waals surface area contributed by atoms with Crippen LogP contribution in [0.2, 0.25) is 0 Å². The molecule has 1 saturated carbocycles. The summed E-state index contributed by atoms with van der Waals surface area (Å²) in [4.78, 5) is 0. The minimum absolute atomic E-state index is 0.434. The van der Waals surface area contributed by atoms with Gasteiger partial charge in [0.05, 0.1) is 0 Å². The average Bonchev–Trinajstić information content (AvgIpc) is 2.84. The summed E-state index contributed by atoms with van der Waals surface area (Å²) in [5.74, 6) is 0. The third kappa shape index (κ3) is 1.86. The van der Waals surface area contributed by atoms with E-state index in [0.29, 0.717) is 5.41 Å². The van der Waals surface area contributed by atoms with Gasteiger partial charge in [-0.15, -0.1) is 0 Å². The van der Waals surface area contributed by atoms with Gasteiger partial charge in [-0.2, -0.15) is 0 Å². The Bertz CT molecular complexity index is 322. The molecule has 0 atom stereocenters. The fraction of sp³-hybridized carbons (Fsp3) is 0.500. The van der Waals surface area contributed by atoms with Crippen LogP contribution in [0, 0.1) is 6.92 Å². The van der Waals surface area contributed by atoms with Crippen LogP contribution in [0.4, 0.5) is 0 Å². The second-order valence-corrected chi connectivity index (χ2v) is 5.24. The van der Waals surface area contributed by atoms with Crippen molar-refractivity contribution in [3.05, 3.63) is 33.8 Å². The molecule has 1 N–H and O–H groups in total. The van der Waals surface area contributed by atoms with E-state index >= 15 is 0 Å². The molecule has 1 aromatic carbocycles. The Morgan fingerprint density at radius 3 is 2.57 bits per heavy atom. The monoisotopic (exact) mass is 253 g/mol. The number of hydrogen-bond donors (Lipinski definition) is 1. The van der Waals surface area contributed by atoms with E-state index in [1.807, 2.05) is 7.05 Å². The zero-order valence-electron chi connectivity index (χ0n) is 8.73. The highest BCUT2D eigenvalue weighted by Gasteiger charge is 2.43. The average molecular weight is 254 g/mol. The summed E-state index contributed by atoms with van der Waals surface area (Å²) < 4.78 is 1.20. The first-order chi connectivity index (χ1) is 6.66. The summed E-state index contributed by atoms with van der Waals surface area (Å²) in [6.45, 7) is 3.26. The van der Waals surface area contributed by atoms with E-state index in [9.17, 15) is 0 Å². The van der Waals surface area contributed by atoms with E-state index in [1.165, 1.54) is 28.4 Å². The van der Waals surface area contributed by atoms with Gasteiger partial charge in [-0.3, -0.25) is 0 Å². The Kier molecular flexibility index (Phi) is 2.67. The van der Waals surface area contributed by atoms with Crippen LogP contribution in [0.25, 0.3) is 0 Å². The fourth-order valence-electron chi connectivity index (χ4n) is 2.10. The summed E-state index contributed by atoms with van der Waals surface area (Å²) in [6, 6.07) is 6.74. The molecule has 1 aliphatic carbocycles. The highest BCUT2D eigenvalue weighted by molar-refractivity contribution is 9.10. The zero-order chi connectivity index (χ0) is 10.2. The minimum atomic E-state index is 0.434. The predicted octanol–water partition coefficient (Wildman–Crippen LogP) is 3.01. The molecule has 76 valence electrons. The number of rotatable bonds is 3. The zero-order valence-corrected chi connectivity index (χ0v) is 10.3. The van der Waals surface area contributed by atoms with Gasteiger partial charge in [0.1, 0.15) is 0 Å². The first-order valence-corrected chi connectivity index (χ1v) is 5.88. The van der Waals surface area contributed by atoms with Crippen molar-refractivity contribution < 1.29 is 0 Å². The topological polar surface area (TPSA) is 12.0 Å². The molecule has 1 nitrogen and oxygen atoms in total. The molecule has 0 unspecified atom stereocenters. The lowest BCUT2D eigenvalue weighted by molar-refractivity contribution is 0.623. The van der Waals surface area contributed by atoms with Gasteiger partial charge >= 0.3 is 0 Å². The van der Waals surface area contributed by atoms with Crippen molar-refractivity contribution >= 4 is 15.9 Å². The number of halogens is 1. The number of aryl methyl sites for hydroxylation is 1. The quantitative estimate of drug-likeness (QED) is 0.874. The van der Waals surface area contributed by atoms with Gasteiger partial charge < -0.3 is 5.32 Å². The Hall–Kier alpha value is -0.340. The maximum absolute atomic E-state index is 3.56. The molecule has 14 heavy (non-hydrogen) atoms. The minimum Gasteiger partial charge on any atom is -0.319 e. The van der Waals surface area contributed by atoms with Crippen LogP contribution in [0.5, 0.6) is 0 Å². The maximum atomic E-state index is 3.56. The highest BCUT2D eigenvalue weighted by Crippen LogP contribution is 2.48. The Labute approximate surface area is 94.0 Å². The molecule has 0 amide bonds. The lowest BCUT2D eigenvalue weighted by Gasteiger charge is -2.16. The third-order valence-corrected chi connectivity index (χ3v) is 3.48. The summed E-state index contributed by atoms with van der Waals surface area (Å²) in [5.41, 5.74) is 3.26. The van der Waals surface area contributed by atoms with Crippen molar-refractivity contribution in [2.24, 2.45) is 0 Å². The van der Waals surface area contributed by atoms with E-state index in [4.69, 9.17) is 0 Å². The van der Waals surface area contributed by atoms with Gasteiger partial charge in [0.2, 0.25) is 0 Å². The molecule has 0 radical (unpaired) electrons.